The van der Waals surface area contributed by atoms with Gasteiger partial charge in [-0.25, -0.2) is 17.2 Å². The molecule has 0 bridgehead atoms. The lowest BCUT2D eigenvalue weighted by atomic mass is 10.3. The predicted molar refractivity (Wildman–Crippen MR) is 83.4 cm³/mol. The minimum Gasteiger partial charge on any atom is -0.394 e. The summed E-state index contributed by atoms with van der Waals surface area (Å²) < 4.78 is 54.6. The summed E-state index contributed by atoms with van der Waals surface area (Å²) in [6.45, 7) is 0. The van der Waals surface area contributed by atoms with Gasteiger partial charge in [-0.2, -0.15) is 0 Å². The van der Waals surface area contributed by atoms with Gasteiger partial charge in [0.1, 0.15) is 16.4 Å². The zero-order valence-corrected chi connectivity index (χ0v) is 14.2. The van der Waals surface area contributed by atoms with E-state index < -0.39 is 32.2 Å². The van der Waals surface area contributed by atoms with E-state index in [-0.39, 0.29) is 5.69 Å². The molecular weight excluding hydrogens is 434 g/mol. The molecule has 0 radical (unpaired) electrons. The Hall–Kier alpha value is -1.19. The van der Waals surface area contributed by atoms with E-state index in [1.165, 1.54) is 6.07 Å². The predicted octanol–water partition coefficient (Wildman–Crippen LogP) is 3.87. The molecule has 0 aromatic heterocycles. The van der Waals surface area contributed by atoms with Crippen molar-refractivity contribution in [3.05, 3.63) is 50.9 Å². The first-order valence-corrected chi connectivity index (χ1v) is 8.50. The quantitative estimate of drug-likeness (QED) is 0.710. The zero-order valence-electron chi connectivity index (χ0n) is 10.2. The van der Waals surface area contributed by atoms with Crippen LogP contribution in [0.2, 0.25) is 0 Å². The molecule has 112 valence electrons. The van der Waals surface area contributed by atoms with Crippen LogP contribution >= 0.6 is 31.9 Å². The van der Waals surface area contributed by atoms with Gasteiger partial charge in [-0.05, 0) is 46.3 Å². The van der Waals surface area contributed by atoms with Crippen LogP contribution in [0, 0.1) is 11.6 Å². The lowest BCUT2D eigenvalue weighted by Crippen LogP contribution is -2.16. The smallest absolute Gasteiger partial charge is 0.264 e. The summed E-state index contributed by atoms with van der Waals surface area (Å²) in [4.78, 5) is -0.726. The van der Waals surface area contributed by atoms with Gasteiger partial charge in [0.2, 0.25) is 0 Å². The summed E-state index contributed by atoms with van der Waals surface area (Å²) in [7, 11) is -4.24. The summed E-state index contributed by atoms with van der Waals surface area (Å²) in [6, 6.07) is 6.32. The van der Waals surface area contributed by atoms with Gasteiger partial charge < -0.3 is 5.73 Å². The summed E-state index contributed by atoms with van der Waals surface area (Å²) in [5.74, 6) is -2.34. The van der Waals surface area contributed by atoms with Gasteiger partial charge >= 0.3 is 0 Å². The van der Waals surface area contributed by atoms with Crippen LogP contribution in [0.4, 0.5) is 20.2 Å². The van der Waals surface area contributed by atoms with Crippen molar-refractivity contribution in [2.24, 2.45) is 0 Å². The Morgan fingerprint density at radius 1 is 1.10 bits per heavy atom. The second-order valence-corrected chi connectivity index (χ2v) is 7.42. The van der Waals surface area contributed by atoms with Gasteiger partial charge in [-0.1, -0.05) is 15.9 Å². The zero-order chi connectivity index (χ0) is 15.8. The fourth-order valence-electron chi connectivity index (χ4n) is 1.53. The monoisotopic (exact) mass is 440 g/mol. The van der Waals surface area contributed by atoms with Crippen molar-refractivity contribution >= 4 is 53.3 Å². The summed E-state index contributed by atoms with van der Waals surface area (Å²) in [5.41, 5.74) is 4.53. The molecule has 0 heterocycles. The van der Waals surface area contributed by atoms with Gasteiger partial charge in [0.25, 0.3) is 10.0 Å². The Kier molecular flexibility index (Phi) is 4.54. The molecule has 0 atom stereocenters. The van der Waals surface area contributed by atoms with E-state index in [4.69, 9.17) is 5.73 Å². The maximum atomic E-state index is 13.8. The standard InChI is InChI=1S/C12H8Br2F2N2O2S/c13-6-1-3-9(7(14)5-6)18-21(19,20)10-4-2-8(15)12(17)11(10)16/h1-5,18H,17H2. The average molecular weight is 442 g/mol. The molecule has 3 N–H and O–H groups in total. The van der Waals surface area contributed by atoms with E-state index in [1.807, 2.05) is 0 Å². The number of nitrogens with one attached hydrogen (secondary N) is 1. The topological polar surface area (TPSA) is 72.2 Å². The Balaban J connectivity index is 2.46. The third-order valence-electron chi connectivity index (χ3n) is 2.56. The van der Waals surface area contributed by atoms with E-state index in [1.54, 1.807) is 12.1 Å². The van der Waals surface area contributed by atoms with Gasteiger partial charge in [0.05, 0.1) is 5.69 Å². The molecule has 0 amide bonds. The number of sulfonamides is 1. The average Bonchev–Trinajstić information content (AvgIpc) is 2.39. The highest BCUT2D eigenvalue weighted by Gasteiger charge is 2.23. The van der Waals surface area contributed by atoms with Crippen molar-refractivity contribution in [1.29, 1.82) is 0 Å². The van der Waals surface area contributed by atoms with Gasteiger partial charge in [0.15, 0.2) is 5.82 Å². The molecule has 0 spiro atoms. The fraction of sp³-hybridized carbons (Fsp3) is 0. The molecule has 0 fully saturated rings. The summed E-state index contributed by atoms with van der Waals surface area (Å²) in [6.07, 6.45) is 0. The van der Waals surface area contributed by atoms with Crippen molar-refractivity contribution in [2.45, 2.75) is 4.90 Å². The van der Waals surface area contributed by atoms with Crippen LogP contribution in [0.3, 0.4) is 0 Å². The van der Waals surface area contributed by atoms with Crippen molar-refractivity contribution < 1.29 is 17.2 Å². The van der Waals surface area contributed by atoms with E-state index in [2.05, 4.69) is 36.6 Å². The SMILES string of the molecule is Nc1c(F)ccc(S(=O)(=O)Nc2ccc(Br)cc2Br)c1F. The van der Waals surface area contributed by atoms with Crippen LogP contribution in [0.25, 0.3) is 0 Å². The van der Waals surface area contributed by atoms with Crippen LogP contribution in [-0.2, 0) is 10.0 Å². The van der Waals surface area contributed by atoms with Crippen molar-refractivity contribution in [1.82, 2.24) is 0 Å². The van der Waals surface area contributed by atoms with Crippen molar-refractivity contribution in [2.75, 3.05) is 10.5 Å². The van der Waals surface area contributed by atoms with Crippen LogP contribution in [0.1, 0.15) is 0 Å². The Morgan fingerprint density at radius 2 is 1.76 bits per heavy atom. The van der Waals surface area contributed by atoms with E-state index in [0.29, 0.717) is 4.47 Å². The number of hydrogen-bond acceptors (Lipinski definition) is 3. The van der Waals surface area contributed by atoms with Gasteiger partial charge in [-0.15, -0.1) is 0 Å². The summed E-state index contributed by atoms with van der Waals surface area (Å²) >= 11 is 6.41. The first kappa shape index (κ1) is 16.2. The summed E-state index contributed by atoms with van der Waals surface area (Å²) in [5, 5.41) is 0. The first-order valence-electron chi connectivity index (χ1n) is 5.43. The minimum absolute atomic E-state index is 0.209. The van der Waals surface area contributed by atoms with Gasteiger partial charge in [0, 0.05) is 8.95 Å². The second kappa shape index (κ2) is 5.90. The number of halogens is 4. The number of nitrogen functional groups attached to an aromatic ring is 1. The van der Waals surface area contributed by atoms with Crippen LogP contribution in [0.15, 0.2) is 44.2 Å². The molecular formula is C12H8Br2F2N2O2S. The Bertz CT molecular complexity index is 813. The highest BCUT2D eigenvalue weighted by Crippen LogP contribution is 2.30. The number of rotatable bonds is 3. The third-order valence-corrected chi connectivity index (χ3v) is 5.09. The maximum absolute atomic E-state index is 13.8. The molecule has 4 nitrogen and oxygen atoms in total. The van der Waals surface area contributed by atoms with Crippen LogP contribution in [-0.4, -0.2) is 8.42 Å². The highest BCUT2D eigenvalue weighted by molar-refractivity contribution is 9.11. The molecule has 0 saturated carbocycles. The van der Waals surface area contributed by atoms with Crippen molar-refractivity contribution in [3.63, 3.8) is 0 Å². The molecule has 0 saturated heterocycles. The largest absolute Gasteiger partial charge is 0.394 e. The molecule has 2 aromatic rings. The third kappa shape index (κ3) is 3.35. The van der Waals surface area contributed by atoms with E-state index in [0.717, 1.165) is 16.6 Å². The molecule has 9 heteroatoms. The molecule has 0 aliphatic rings. The Morgan fingerprint density at radius 3 is 2.38 bits per heavy atom. The van der Waals surface area contributed by atoms with E-state index >= 15 is 0 Å². The Labute approximate surface area is 136 Å². The molecule has 2 aromatic carbocycles. The minimum atomic E-state index is -4.24. The van der Waals surface area contributed by atoms with Gasteiger partial charge in [-0.3, -0.25) is 4.72 Å². The number of anilines is 2. The van der Waals surface area contributed by atoms with Crippen LogP contribution in [0.5, 0.6) is 0 Å². The van der Waals surface area contributed by atoms with Crippen LogP contribution < -0.4 is 10.5 Å². The first-order chi connectivity index (χ1) is 9.72. The highest BCUT2D eigenvalue weighted by atomic mass is 79.9. The number of benzene rings is 2. The fourth-order valence-corrected chi connectivity index (χ4v) is 3.98. The number of hydrogen-bond donors (Lipinski definition) is 2. The van der Waals surface area contributed by atoms with Crippen molar-refractivity contribution in [3.8, 4) is 0 Å². The molecule has 0 aliphatic heterocycles. The molecule has 2 rings (SSSR count). The lowest BCUT2D eigenvalue weighted by molar-refractivity contribution is 0.557. The maximum Gasteiger partial charge on any atom is 0.264 e. The number of nitrogens with two attached hydrogens (primary N) is 1. The molecule has 21 heavy (non-hydrogen) atoms. The molecule has 0 aliphatic carbocycles. The molecule has 0 unspecified atom stereocenters. The lowest BCUT2D eigenvalue weighted by Gasteiger charge is -2.11. The second-order valence-electron chi connectivity index (χ2n) is 4.00. The van der Waals surface area contributed by atoms with E-state index in [9.17, 15) is 17.2 Å². The normalized spacial score (nSPS) is 11.4.